The summed E-state index contributed by atoms with van der Waals surface area (Å²) >= 11 is 9.09. The fraction of sp³-hybridized carbons (Fsp3) is 0.154. The normalized spacial score (nSPS) is 11.0. The SMILES string of the molecule is CSc1nnc(C)n1NC(=O)c1sc2ccccc2c1Cl. The topological polar surface area (TPSA) is 59.8 Å². The lowest BCUT2D eigenvalue weighted by molar-refractivity contribution is 0.101. The highest BCUT2D eigenvalue weighted by atomic mass is 35.5. The Morgan fingerprint density at radius 2 is 2.14 bits per heavy atom. The average molecular weight is 339 g/mol. The number of hydrogen-bond acceptors (Lipinski definition) is 5. The van der Waals surface area contributed by atoms with Gasteiger partial charge in [-0.05, 0) is 19.2 Å². The minimum Gasteiger partial charge on any atom is -0.266 e. The molecular formula is C13H11ClN4OS2. The second-order valence-electron chi connectivity index (χ2n) is 4.25. The number of hydrogen-bond donors (Lipinski definition) is 1. The largest absolute Gasteiger partial charge is 0.281 e. The van der Waals surface area contributed by atoms with Crippen molar-refractivity contribution in [3.05, 3.63) is 40.0 Å². The molecule has 3 aromatic rings. The van der Waals surface area contributed by atoms with Gasteiger partial charge in [0.1, 0.15) is 10.7 Å². The molecule has 0 fully saturated rings. The molecule has 5 nitrogen and oxygen atoms in total. The van der Waals surface area contributed by atoms with Crippen LogP contribution in [0, 0.1) is 6.92 Å². The van der Waals surface area contributed by atoms with Crippen LogP contribution in [0.25, 0.3) is 10.1 Å². The van der Waals surface area contributed by atoms with Gasteiger partial charge >= 0.3 is 0 Å². The van der Waals surface area contributed by atoms with Crippen molar-refractivity contribution in [2.75, 3.05) is 11.7 Å². The molecule has 0 saturated carbocycles. The second kappa shape index (κ2) is 5.67. The molecule has 0 saturated heterocycles. The number of nitrogens with one attached hydrogen (secondary N) is 1. The van der Waals surface area contributed by atoms with Crippen LogP contribution in [0.4, 0.5) is 0 Å². The van der Waals surface area contributed by atoms with E-state index >= 15 is 0 Å². The Balaban J connectivity index is 1.97. The van der Waals surface area contributed by atoms with E-state index in [1.165, 1.54) is 23.1 Å². The van der Waals surface area contributed by atoms with Gasteiger partial charge < -0.3 is 0 Å². The van der Waals surface area contributed by atoms with Crippen molar-refractivity contribution in [1.29, 1.82) is 0 Å². The van der Waals surface area contributed by atoms with Gasteiger partial charge in [0.25, 0.3) is 5.91 Å². The molecule has 1 amide bonds. The average Bonchev–Trinajstić information content (AvgIpc) is 3.01. The minimum absolute atomic E-state index is 0.264. The first-order chi connectivity index (χ1) is 10.1. The monoisotopic (exact) mass is 338 g/mol. The summed E-state index contributed by atoms with van der Waals surface area (Å²) in [5.74, 6) is 0.351. The number of aryl methyl sites for hydroxylation is 1. The number of halogens is 1. The standard InChI is InChI=1S/C13H11ClN4OS2/c1-7-15-16-13(20-2)18(7)17-12(19)11-10(14)8-5-3-4-6-9(8)21-11/h3-6H,1-2H3,(H,17,19). The highest BCUT2D eigenvalue weighted by Crippen LogP contribution is 2.35. The lowest BCUT2D eigenvalue weighted by atomic mass is 10.2. The molecule has 0 atom stereocenters. The molecule has 3 rings (SSSR count). The van der Waals surface area contributed by atoms with Crippen LogP contribution in [0.15, 0.2) is 29.4 Å². The van der Waals surface area contributed by atoms with E-state index < -0.39 is 0 Å². The molecule has 0 aliphatic carbocycles. The number of carbonyl (C=O) groups excluding carboxylic acids is 1. The zero-order chi connectivity index (χ0) is 15.0. The second-order valence-corrected chi connectivity index (χ2v) is 6.46. The molecule has 21 heavy (non-hydrogen) atoms. The molecule has 0 aliphatic heterocycles. The Morgan fingerprint density at radius 3 is 2.86 bits per heavy atom. The van der Waals surface area contributed by atoms with Crippen molar-refractivity contribution in [2.45, 2.75) is 12.1 Å². The maximum atomic E-state index is 12.5. The maximum Gasteiger partial charge on any atom is 0.281 e. The zero-order valence-corrected chi connectivity index (χ0v) is 13.6. The van der Waals surface area contributed by atoms with Gasteiger partial charge in [-0.15, -0.1) is 21.5 Å². The summed E-state index contributed by atoms with van der Waals surface area (Å²) < 4.78 is 2.55. The molecular weight excluding hydrogens is 328 g/mol. The van der Waals surface area contributed by atoms with Crippen molar-refractivity contribution in [2.24, 2.45) is 0 Å². The van der Waals surface area contributed by atoms with Crippen molar-refractivity contribution in [3.8, 4) is 0 Å². The van der Waals surface area contributed by atoms with Gasteiger partial charge in [0.05, 0.1) is 5.02 Å². The van der Waals surface area contributed by atoms with Crippen molar-refractivity contribution >= 4 is 50.7 Å². The van der Waals surface area contributed by atoms with Crippen molar-refractivity contribution in [1.82, 2.24) is 14.9 Å². The van der Waals surface area contributed by atoms with E-state index in [1.54, 1.807) is 11.6 Å². The van der Waals surface area contributed by atoms with Crippen LogP contribution in [0.3, 0.4) is 0 Å². The molecule has 8 heteroatoms. The molecule has 1 aromatic carbocycles. The summed E-state index contributed by atoms with van der Waals surface area (Å²) in [4.78, 5) is 12.9. The number of aromatic nitrogens is 3. The van der Waals surface area contributed by atoms with Crippen molar-refractivity contribution in [3.63, 3.8) is 0 Å². The van der Waals surface area contributed by atoms with Gasteiger partial charge in [-0.2, -0.15) is 0 Å². The van der Waals surface area contributed by atoms with Gasteiger partial charge in [-0.3, -0.25) is 10.2 Å². The number of thiophene rings is 1. The lowest BCUT2D eigenvalue weighted by Crippen LogP contribution is -2.24. The van der Waals surface area contributed by atoms with Gasteiger partial charge in [0, 0.05) is 10.1 Å². The van der Waals surface area contributed by atoms with E-state index in [1.807, 2.05) is 30.5 Å². The van der Waals surface area contributed by atoms with E-state index in [0.717, 1.165) is 10.1 Å². The van der Waals surface area contributed by atoms with Gasteiger partial charge in [-0.25, -0.2) is 4.68 Å². The summed E-state index contributed by atoms with van der Waals surface area (Å²) in [5.41, 5.74) is 2.79. The molecule has 1 N–H and O–H groups in total. The number of rotatable bonds is 3. The zero-order valence-electron chi connectivity index (χ0n) is 11.3. The first kappa shape index (κ1) is 14.4. The summed E-state index contributed by atoms with van der Waals surface area (Å²) in [5, 5.41) is 9.91. The number of nitrogens with zero attached hydrogens (tertiary/aromatic N) is 3. The Bertz CT molecular complexity index is 827. The van der Waals surface area contributed by atoms with Crippen LogP contribution in [0.5, 0.6) is 0 Å². The maximum absolute atomic E-state index is 12.5. The first-order valence-electron chi connectivity index (χ1n) is 6.06. The van der Waals surface area contributed by atoms with Crippen LogP contribution < -0.4 is 5.43 Å². The fourth-order valence-corrected chi connectivity index (χ4v) is 3.81. The third-order valence-electron chi connectivity index (χ3n) is 2.93. The molecule has 2 heterocycles. The summed E-state index contributed by atoms with van der Waals surface area (Å²) in [6.45, 7) is 1.78. The smallest absolute Gasteiger partial charge is 0.266 e. The van der Waals surface area contributed by atoms with Crippen LogP contribution >= 0.6 is 34.7 Å². The van der Waals surface area contributed by atoms with E-state index in [9.17, 15) is 4.79 Å². The summed E-state index contributed by atoms with van der Waals surface area (Å²) in [6, 6.07) is 7.67. The summed E-state index contributed by atoms with van der Waals surface area (Å²) in [6.07, 6.45) is 1.87. The summed E-state index contributed by atoms with van der Waals surface area (Å²) in [7, 11) is 0. The Morgan fingerprint density at radius 1 is 1.38 bits per heavy atom. The van der Waals surface area contributed by atoms with E-state index in [-0.39, 0.29) is 5.91 Å². The quantitative estimate of drug-likeness (QED) is 0.742. The molecule has 0 aliphatic rings. The Kier molecular flexibility index (Phi) is 3.88. The molecule has 0 bridgehead atoms. The lowest BCUT2D eigenvalue weighted by Gasteiger charge is -2.08. The Labute approximate surface area is 134 Å². The molecule has 0 radical (unpaired) electrons. The number of carbonyl (C=O) groups is 1. The van der Waals surface area contributed by atoms with E-state index in [0.29, 0.717) is 20.9 Å². The van der Waals surface area contributed by atoms with Crippen LogP contribution in [0.2, 0.25) is 5.02 Å². The fourth-order valence-electron chi connectivity index (χ4n) is 1.92. The van der Waals surface area contributed by atoms with Gasteiger partial charge in [0.15, 0.2) is 0 Å². The minimum atomic E-state index is -0.264. The molecule has 0 spiro atoms. The highest BCUT2D eigenvalue weighted by molar-refractivity contribution is 7.98. The van der Waals surface area contributed by atoms with Crippen LogP contribution in [0.1, 0.15) is 15.5 Å². The van der Waals surface area contributed by atoms with Crippen LogP contribution in [-0.2, 0) is 0 Å². The predicted molar refractivity (Wildman–Crippen MR) is 87.1 cm³/mol. The van der Waals surface area contributed by atoms with Crippen molar-refractivity contribution < 1.29 is 4.79 Å². The third kappa shape index (κ3) is 2.52. The van der Waals surface area contributed by atoms with E-state index in [4.69, 9.17) is 11.6 Å². The third-order valence-corrected chi connectivity index (χ3v) is 5.24. The predicted octanol–water partition coefficient (Wildman–Crippen LogP) is 3.56. The first-order valence-corrected chi connectivity index (χ1v) is 8.48. The molecule has 2 aromatic heterocycles. The van der Waals surface area contributed by atoms with Gasteiger partial charge in [0.2, 0.25) is 5.16 Å². The number of fused-ring (bicyclic) bond motifs is 1. The molecule has 0 unspecified atom stereocenters. The van der Waals surface area contributed by atoms with Gasteiger partial charge in [-0.1, -0.05) is 41.6 Å². The Hall–Kier alpha value is -1.57. The van der Waals surface area contributed by atoms with Crippen LogP contribution in [-0.4, -0.2) is 27.0 Å². The molecule has 108 valence electrons. The van der Waals surface area contributed by atoms with E-state index in [2.05, 4.69) is 15.6 Å². The number of thioether (sulfide) groups is 1. The number of amides is 1. The highest BCUT2D eigenvalue weighted by Gasteiger charge is 2.19. The number of benzene rings is 1.